The summed E-state index contributed by atoms with van der Waals surface area (Å²) < 4.78 is 23.4. The average molecular weight is 417 g/mol. The molecule has 0 saturated heterocycles. The van der Waals surface area contributed by atoms with Gasteiger partial charge in [-0.3, -0.25) is 9.98 Å². The van der Waals surface area contributed by atoms with Gasteiger partial charge in [-0.2, -0.15) is 0 Å². The largest absolute Gasteiger partial charge is 0.351 e. The highest BCUT2D eigenvalue weighted by Crippen LogP contribution is 2.27. The fourth-order valence-electron chi connectivity index (χ4n) is 2.57. The molecule has 6 nitrogen and oxygen atoms in total. The minimum absolute atomic E-state index is 0.0278. The SMILES string of the molecule is CCC(F)F.CC[C@@H](C)Nc1ncc2c(-c3ccc(N=C(C)C)c(C)n3)ccn2n1. The van der Waals surface area contributed by atoms with Crippen LogP contribution in [-0.4, -0.2) is 37.8 Å². The van der Waals surface area contributed by atoms with Gasteiger partial charge in [0, 0.05) is 29.9 Å². The molecule has 0 spiro atoms. The molecule has 0 aromatic carbocycles. The zero-order valence-electron chi connectivity index (χ0n) is 18.4. The highest BCUT2D eigenvalue weighted by Gasteiger charge is 2.11. The molecule has 0 aliphatic rings. The van der Waals surface area contributed by atoms with Crippen LogP contribution in [0, 0.1) is 6.92 Å². The molecule has 0 amide bonds. The van der Waals surface area contributed by atoms with Crippen LogP contribution < -0.4 is 5.32 Å². The van der Waals surface area contributed by atoms with Crippen LogP contribution in [-0.2, 0) is 0 Å². The highest BCUT2D eigenvalue weighted by atomic mass is 19.3. The van der Waals surface area contributed by atoms with Gasteiger partial charge >= 0.3 is 0 Å². The van der Waals surface area contributed by atoms with Crippen molar-refractivity contribution in [3.05, 3.63) is 36.3 Å². The van der Waals surface area contributed by atoms with Crippen molar-refractivity contribution >= 4 is 22.9 Å². The summed E-state index contributed by atoms with van der Waals surface area (Å²) in [6.07, 6.45) is 2.66. The van der Waals surface area contributed by atoms with Gasteiger partial charge in [0.2, 0.25) is 12.4 Å². The van der Waals surface area contributed by atoms with E-state index < -0.39 is 6.43 Å². The molecule has 0 fully saturated rings. The van der Waals surface area contributed by atoms with Crippen molar-refractivity contribution in [1.82, 2.24) is 19.6 Å². The van der Waals surface area contributed by atoms with E-state index >= 15 is 0 Å². The minimum Gasteiger partial charge on any atom is -0.351 e. The predicted molar refractivity (Wildman–Crippen MR) is 119 cm³/mol. The summed E-state index contributed by atoms with van der Waals surface area (Å²) in [4.78, 5) is 13.7. The van der Waals surface area contributed by atoms with Crippen LogP contribution in [0.2, 0.25) is 0 Å². The first-order chi connectivity index (χ1) is 14.2. The van der Waals surface area contributed by atoms with Gasteiger partial charge in [-0.1, -0.05) is 13.8 Å². The second kappa shape index (κ2) is 10.8. The number of rotatable bonds is 6. The Labute approximate surface area is 176 Å². The van der Waals surface area contributed by atoms with Crippen molar-refractivity contribution in [2.45, 2.75) is 66.9 Å². The first-order valence-corrected chi connectivity index (χ1v) is 10.1. The first-order valence-electron chi connectivity index (χ1n) is 10.1. The number of nitrogens with one attached hydrogen (secondary N) is 1. The van der Waals surface area contributed by atoms with Gasteiger partial charge in [-0.05, 0) is 52.3 Å². The Bertz CT molecular complexity index is 992. The molecule has 0 aliphatic carbocycles. The van der Waals surface area contributed by atoms with E-state index in [9.17, 15) is 8.78 Å². The van der Waals surface area contributed by atoms with Crippen molar-refractivity contribution in [3.63, 3.8) is 0 Å². The van der Waals surface area contributed by atoms with Crippen LogP contribution in [0.25, 0.3) is 16.8 Å². The Morgan fingerprint density at radius 1 is 1.17 bits per heavy atom. The molecule has 3 heterocycles. The molecule has 0 saturated carbocycles. The summed E-state index contributed by atoms with van der Waals surface area (Å²) >= 11 is 0. The zero-order chi connectivity index (χ0) is 22.3. The van der Waals surface area contributed by atoms with Gasteiger partial charge in [0.1, 0.15) is 0 Å². The fourth-order valence-corrected chi connectivity index (χ4v) is 2.57. The van der Waals surface area contributed by atoms with Crippen LogP contribution in [0.5, 0.6) is 0 Å². The molecular weight excluding hydrogens is 386 g/mol. The molecule has 0 aliphatic heterocycles. The number of hydrogen-bond donors (Lipinski definition) is 1. The maximum absolute atomic E-state index is 10.8. The third-order valence-corrected chi connectivity index (χ3v) is 4.39. The van der Waals surface area contributed by atoms with Crippen molar-refractivity contribution in [1.29, 1.82) is 0 Å². The summed E-state index contributed by atoms with van der Waals surface area (Å²) in [5, 5.41) is 7.83. The van der Waals surface area contributed by atoms with Crippen LogP contribution in [0.15, 0.2) is 35.6 Å². The molecule has 1 atom stereocenters. The molecular formula is C22H30F2N6. The number of alkyl halides is 2. The quantitative estimate of drug-likeness (QED) is 0.494. The van der Waals surface area contributed by atoms with E-state index in [0.29, 0.717) is 12.0 Å². The zero-order valence-corrected chi connectivity index (χ0v) is 18.4. The molecule has 3 aromatic rings. The maximum atomic E-state index is 10.8. The van der Waals surface area contributed by atoms with E-state index in [2.05, 4.69) is 34.2 Å². The molecule has 3 aromatic heterocycles. The number of halogens is 2. The topological polar surface area (TPSA) is 67.5 Å². The number of nitrogens with zero attached hydrogens (tertiary/aromatic N) is 5. The lowest BCUT2D eigenvalue weighted by Crippen LogP contribution is -2.16. The summed E-state index contributed by atoms with van der Waals surface area (Å²) in [5.41, 5.74) is 5.68. The van der Waals surface area contributed by atoms with Crippen molar-refractivity contribution < 1.29 is 8.78 Å². The van der Waals surface area contributed by atoms with E-state index in [4.69, 9.17) is 4.98 Å². The normalized spacial score (nSPS) is 11.8. The number of aromatic nitrogens is 4. The molecule has 3 rings (SSSR count). The molecule has 0 bridgehead atoms. The molecule has 8 heteroatoms. The lowest BCUT2D eigenvalue weighted by atomic mass is 10.1. The van der Waals surface area contributed by atoms with Crippen molar-refractivity contribution in [2.75, 3.05) is 5.32 Å². The Balaban J connectivity index is 0.000000575. The molecule has 30 heavy (non-hydrogen) atoms. The second-order valence-corrected chi connectivity index (χ2v) is 7.25. The number of aliphatic imine (C=N–C) groups is 1. The van der Waals surface area contributed by atoms with Crippen molar-refractivity contribution in [3.8, 4) is 11.3 Å². The van der Waals surface area contributed by atoms with Gasteiger partial charge < -0.3 is 5.32 Å². The third kappa shape index (κ3) is 6.30. The summed E-state index contributed by atoms with van der Waals surface area (Å²) in [6, 6.07) is 6.36. The summed E-state index contributed by atoms with van der Waals surface area (Å²) in [7, 11) is 0. The first kappa shape index (κ1) is 23.4. The monoisotopic (exact) mass is 416 g/mol. The number of aryl methyl sites for hydroxylation is 1. The predicted octanol–water partition coefficient (Wildman–Crippen LogP) is 6.08. The molecule has 0 unspecified atom stereocenters. The van der Waals surface area contributed by atoms with E-state index in [1.807, 2.05) is 55.9 Å². The van der Waals surface area contributed by atoms with Gasteiger partial charge in [0.25, 0.3) is 0 Å². The van der Waals surface area contributed by atoms with Gasteiger partial charge in [0.15, 0.2) is 0 Å². The number of pyridine rings is 1. The van der Waals surface area contributed by atoms with Gasteiger partial charge in [-0.25, -0.2) is 18.3 Å². The molecule has 1 N–H and O–H groups in total. The average Bonchev–Trinajstić information content (AvgIpc) is 3.12. The third-order valence-electron chi connectivity index (χ3n) is 4.39. The Hall–Kier alpha value is -2.90. The number of fused-ring (bicyclic) bond motifs is 1. The fraction of sp³-hybridized carbons (Fsp3) is 0.455. The Kier molecular flexibility index (Phi) is 8.38. The Morgan fingerprint density at radius 2 is 1.87 bits per heavy atom. The summed E-state index contributed by atoms with van der Waals surface area (Å²) in [5.74, 6) is 0.635. The van der Waals surface area contributed by atoms with Gasteiger partial charge in [0.05, 0.1) is 28.8 Å². The van der Waals surface area contributed by atoms with E-state index in [1.165, 1.54) is 6.92 Å². The van der Waals surface area contributed by atoms with Gasteiger partial charge in [-0.15, -0.1) is 5.10 Å². The minimum atomic E-state index is -2.12. The van der Waals surface area contributed by atoms with Crippen LogP contribution in [0.1, 0.15) is 53.2 Å². The van der Waals surface area contributed by atoms with E-state index in [-0.39, 0.29) is 6.42 Å². The van der Waals surface area contributed by atoms with Crippen LogP contribution >= 0.6 is 0 Å². The van der Waals surface area contributed by atoms with E-state index in [1.54, 1.807) is 0 Å². The second-order valence-electron chi connectivity index (χ2n) is 7.25. The van der Waals surface area contributed by atoms with Crippen molar-refractivity contribution in [2.24, 2.45) is 4.99 Å². The molecule has 162 valence electrons. The lowest BCUT2D eigenvalue weighted by molar-refractivity contribution is 0.144. The molecule has 0 radical (unpaired) electrons. The smallest absolute Gasteiger partial charge is 0.241 e. The Morgan fingerprint density at radius 3 is 2.43 bits per heavy atom. The standard InChI is InChI=1S/C19H24N6.C3H6F2/c1-6-13(4)22-19-20-11-18-15(9-10-25(18)24-19)17-8-7-16(14(5)23-17)21-12(2)3;1-2-3(4)5/h7-11,13H,6H2,1-5H3,(H,22,24);3H,2H2,1H3/t13-;/m1./s1. The van der Waals surface area contributed by atoms with Crippen LogP contribution in [0.4, 0.5) is 20.4 Å². The summed E-state index contributed by atoms with van der Waals surface area (Å²) in [6.45, 7) is 11.6. The number of anilines is 1. The maximum Gasteiger partial charge on any atom is 0.241 e. The van der Waals surface area contributed by atoms with E-state index in [0.717, 1.165) is 40.3 Å². The number of hydrogen-bond acceptors (Lipinski definition) is 5. The van der Waals surface area contributed by atoms with Crippen LogP contribution in [0.3, 0.4) is 0 Å². The highest BCUT2D eigenvalue weighted by molar-refractivity contribution is 5.83. The lowest BCUT2D eigenvalue weighted by Gasteiger charge is -2.11.